The van der Waals surface area contributed by atoms with Crippen LogP contribution < -0.4 is 16.6 Å². The van der Waals surface area contributed by atoms with Crippen LogP contribution in [0.4, 0.5) is 5.82 Å². The van der Waals surface area contributed by atoms with Gasteiger partial charge in [0.05, 0.1) is 6.04 Å². The SMILES string of the molecule is C#CC(CC)Nc1nn(C)c(=O)n(C)c1=O. The van der Waals surface area contributed by atoms with Gasteiger partial charge in [-0.3, -0.25) is 9.36 Å². The van der Waals surface area contributed by atoms with E-state index in [1.807, 2.05) is 6.92 Å². The van der Waals surface area contributed by atoms with Gasteiger partial charge in [0.15, 0.2) is 0 Å². The Morgan fingerprint density at radius 2 is 2.12 bits per heavy atom. The van der Waals surface area contributed by atoms with Crippen LogP contribution >= 0.6 is 0 Å². The van der Waals surface area contributed by atoms with E-state index in [9.17, 15) is 9.59 Å². The van der Waals surface area contributed by atoms with E-state index in [4.69, 9.17) is 6.42 Å². The molecule has 0 saturated carbocycles. The van der Waals surface area contributed by atoms with Crippen molar-refractivity contribution in [2.75, 3.05) is 5.32 Å². The molecule has 1 N–H and O–H groups in total. The minimum absolute atomic E-state index is 0.0920. The van der Waals surface area contributed by atoms with Crippen molar-refractivity contribution in [1.29, 1.82) is 0 Å². The first kappa shape index (κ1) is 12.0. The molecule has 1 heterocycles. The molecule has 6 nitrogen and oxygen atoms in total. The van der Waals surface area contributed by atoms with Crippen LogP contribution in [0.3, 0.4) is 0 Å². The summed E-state index contributed by atoms with van der Waals surface area (Å²) < 4.78 is 2.07. The molecule has 0 fully saturated rings. The predicted octanol–water partition coefficient (Wildman–Crippen LogP) is -0.697. The Hall–Kier alpha value is -2.03. The molecule has 1 rings (SSSR count). The fourth-order valence-electron chi connectivity index (χ4n) is 1.22. The summed E-state index contributed by atoms with van der Waals surface area (Å²) in [4.78, 5) is 23.0. The van der Waals surface area contributed by atoms with Gasteiger partial charge in [0.25, 0.3) is 5.56 Å². The third kappa shape index (κ3) is 2.14. The first-order valence-corrected chi connectivity index (χ1v) is 4.88. The Balaban J connectivity index is 3.23. The number of rotatable bonds is 3. The Bertz CT molecular complexity index is 535. The summed E-state index contributed by atoms with van der Waals surface area (Å²) in [7, 11) is 2.87. The number of anilines is 1. The Labute approximate surface area is 92.9 Å². The number of nitrogens with zero attached hydrogens (tertiary/aromatic N) is 3. The molecule has 6 heteroatoms. The Morgan fingerprint density at radius 1 is 1.50 bits per heavy atom. The fourth-order valence-corrected chi connectivity index (χ4v) is 1.22. The zero-order chi connectivity index (χ0) is 12.3. The summed E-state index contributed by atoms with van der Waals surface area (Å²) in [5.74, 6) is 2.59. The van der Waals surface area contributed by atoms with Gasteiger partial charge in [0, 0.05) is 14.1 Å². The van der Waals surface area contributed by atoms with E-state index in [1.54, 1.807) is 0 Å². The molecule has 1 unspecified atom stereocenters. The second-order valence-corrected chi connectivity index (χ2v) is 3.39. The van der Waals surface area contributed by atoms with Gasteiger partial charge in [-0.2, -0.15) is 0 Å². The highest BCUT2D eigenvalue weighted by atomic mass is 16.2. The fraction of sp³-hybridized carbons (Fsp3) is 0.500. The van der Waals surface area contributed by atoms with Gasteiger partial charge in [-0.1, -0.05) is 12.8 Å². The summed E-state index contributed by atoms with van der Waals surface area (Å²) >= 11 is 0. The number of hydrogen-bond acceptors (Lipinski definition) is 4. The average Bonchev–Trinajstić information content (AvgIpc) is 2.29. The lowest BCUT2D eigenvalue weighted by Crippen LogP contribution is -2.41. The molecule has 0 radical (unpaired) electrons. The van der Waals surface area contributed by atoms with Crippen LogP contribution in [0.5, 0.6) is 0 Å². The van der Waals surface area contributed by atoms with Crippen molar-refractivity contribution in [3.8, 4) is 12.3 Å². The van der Waals surface area contributed by atoms with Crippen LogP contribution in [0, 0.1) is 12.3 Å². The van der Waals surface area contributed by atoms with E-state index >= 15 is 0 Å². The number of nitrogens with one attached hydrogen (secondary N) is 1. The second-order valence-electron chi connectivity index (χ2n) is 3.39. The zero-order valence-electron chi connectivity index (χ0n) is 9.52. The van der Waals surface area contributed by atoms with Crippen molar-refractivity contribution >= 4 is 5.82 Å². The zero-order valence-corrected chi connectivity index (χ0v) is 9.52. The maximum absolute atomic E-state index is 11.7. The van der Waals surface area contributed by atoms with Crippen LogP contribution in [0.25, 0.3) is 0 Å². The summed E-state index contributed by atoms with van der Waals surface area (Å²) in [6.07, 6.45) is 5.94. The first-order valence-electron chi connectivity index (χ1n) is 4.88. The third-order valence-electron chi connectivity index (χ3n) is 2.24. The van der Waals surface area contributed by atoms with Crippen molar-refractivity contribution in [2.24, 2.45) is 14.1 Å². The highest BCUT2D eigenvalue weighted by molar-refractivity contribution is 5.34. The second kappa shape index (κ2) is 4.66. The van der Waals surface area contributed by atoms with E-state index in [0.29, 0.717) is 6.42 Å². The molecule has 0 spiro atoms. The Morgan fingerprint density at radius 3 is 2.62 bits per heavy atom. The molecule has 86 valence electrons. The van der Waals surface area contributed by atoms with E-state index in [1.165, 1.54) is 14.1 Å². The van der Waals surface area contributed by atoms with Crippen LogP contribution in [-0.2, 0) is 14.1 Å². The van der Waals surface area contributed by atoms with Gasteiger partial charge in [0.1, 0.15) is 0 Å². The predicted molar refractivity (Wildman–Crippen MR) is 61.3 cm³/mol. The van der Waals surface area contributed by atoms with Gasteiger partial charge in [-0.05, 0) is 6.42 Å². The molecule has 0 aliphatic carbocycles. The largest absolute Gasteiger partial charge is 0.350 e. The molecule has 0 saturated heterocycles. The van der Waals surface area contributed by atoms with Crippen LogP contribution in [0.15, 0.2) is 9.59 Å². The lowest BCUT2D eigenvalue weighted by atomic mass is 10.2. The molecule has 1 atom stereocenters. The molecular weight excluding hydrogens is 208 g/mol. The highest BCUT2D eigenvalue weighted by Crippen LogP contribution is 1.97. The molecular formula is C10H14N4O2. The van der Waals surface area contributed by atoms with Crippen LogP contribution in [0.1, 0.15) is 13.3 Å². The topological polar surface area (TPSA) is 68.9 Å². The van der Waals surface area contributed by atoms with Gasteiger partial charge in [-0.15, -0.1) is 11.5 Å². The molecule has 0 aromatic carbocycles. The lowest BCUT2D eigenvalue weighted by molar-refractivity contribution is 0.601. The molecule has 1 aromatic rings. The third-order valence-corrected chi connectivity index (χ3v) is 2.24. The minimum atomic E-state index is -0.475. The smallest absolute Gasteiger partial charge is 0.346 e. The normalized spacial score (nSPS) is 11.9. The first-order chi connectivity index (χ1) is 7.51. The van der Waals surface area contributed by atoms with E-state index in [2.05, 4.69) is 16.3 Å². The van der Waals surface area contributed by atoms with Gasteiger partial charge in [0.2, 0.25) is 5.82 Å². The van der Waals surface area contributed by atoms with E-state index in [0.717, 1.165) is 9.25 Å². The minimum Gasteiger partial charge on any atom is -0.350 e. The summed E-state index contributed by atoms with van der Waals surface area (Å²) in [6.45, 7) is 1.89. The van der Waals surface area contributed by atoms with Gasteiger partial charge >= 0.3 is 5.69 Å². The quantitative estimate of drug-likeness (QED) is 0.687. The van der Waals surface area contributed by atoms with Crippen molar-refractivity contribution in [3.63, 3.8) is 0 Å². The highest BCUT2D eigenvalue weighted by Gasteiger charge is 2.11. The van der Waals surface area contributed by atoms with Gasteiger partial charge in [-0.25, -0.2) is 9.48 Å². The Kier molecular flexibility index (Phi) is 3.51. The maximum atomic E-state index is 11.7. The maximum Gasteiger partial charge on any atom is 0.346 e. The summed E-state index contributed by atoms with van der Waals surface area (Å²) in [6, 6.07) is -0.266. The monoisotopic (exact) mass is 222 g/mol. The van der Waals surface area contributed by atoms with Gasteiger partial charge < -0.3 is 5.32 Å². The lowest BCUT2D eigenvalue weighted by Gasteiger charge is -2.11. The number of hydrogen-bond donors (Lipinski definition) is 1. The standard InChI is InChI=1S/C10H14N4O2/c1-5-7(6-2)11-8-9(15)13(3)10(16)14(4)12-8/h1,7H,6H2,2-4H3,(H,11,12). The van der Waals surface area contributed by atoms with Crippen LogP contribution in [0.2, 0.25) is 0 Å². The van der Waals surface area contributed by atoms with Crippen molar-refractivity contribution in [3.05, 3.63) is 20.8 Å². The molecule has 1 aromatic heterocycles. The molecule has 16 heavy (non-hydrogen) atoms. The van der Waals surface area contributed by atoms with Crippen molar-refractivity contribution < 1.29 is 0 Å². The number of aryl methyl sites for hydroxylation is 1. The van der Waals surface area contributed by atoms with E-state index in [-0.39, 0.29) is 11.9 Å². The van der Waals surface area contributed by atoms with Crippen molar-refractivity contribution in [1.82, 2.24) is 14.3 Å². The number of aromatic nitrogens is 3. The molecule has 0 aliphatic rings. The molecule has 0 bridgehead atoms. The van der Waals surface area contributed by atoms with E-state index < -0.39 is 11.2 Å². The molecule has 0 amide bonds. The number of terminal acetylenes is 1. The average molecular weight is 222 g/mol. The summed E-state index contributed by atoms with van der Waals surface area (Å²) in [5.41, 5.74) is -0.943. The van der Waals surface area contributed by atoms with Crippen molar-refractivity contribution in [2.45, 2.75) is 19.4 Å². The summed E-state index contributed by atoms with van der Waals surface area (Å²) in [5, 5.41) is 6.65. The molecule has 0 aliphatic heterocycles. The van der Waals surface area contributed by atoms with Crippen LogP contribution in [-0.4, -0.2) is 20.4 Å².